The Kier molecular flexibility index (Phi) is 4.56. The van der Waals surface area contributed by atoms with Gasteiger partial charge >= 0.3 is 0 Å². The number of ether oxygens (including phenoxy) is 2. The van der Waals surface area contributed by atoms with E-state index >= 15 is 0 Å². The minimum Gasteiger partial charge on any atom is -0.485 e. The first-order chi connectivity index (χ1) is 11.1. The number of carbonyl (C=O) groups is 1. The average Bonchev–Trinajstić information content (AvgIpc) is 3.12. The van der Waals surface area contributed by atoms with Crippen LogP contribution in [-0.4, -0.2) is 47.8 Å². The van der Waals surface area contributed by atoms with E-state index < -0.39 is 0 Å². The SMILES string of the molecule is Cc1n[nH]c(C)c1CCCN(C)C(=O)c1scc2c1OCCO2. The third kappa shape index (κ3) is 3.19. The monoisotopic (exact) mass is 335 g/mol. The average molecular weight is 335 g/mol. The molecule has 0 aliphatic carbocycles. The van der Waals surface area contributed by atoms with Gasteiger partial charge in [-0.1, -0.05) is 0 Å². The number of thiophene rings is 1. The van der Waals surface area contributed by atoms with Crippen molar-refractivity contribution in [1.82, 2.24) is 15.1 Å². The lowest BCUT2D eigenvalue weighted by Crippen LogP contribution is -2.28. The molecule has 0 atom stereocenters. The maximum Gasteiger partial charge on any atom is 0.267 e. The molecule has 0 fully saturated rings. The zero-order chi connectivity index (χ0) is 16.4. The fraction of sp³-hybridized carbons (Fsp3) is 0.500. The number of nitrogens with one attached hydrogen (secondary N) is 1. The molecule has 0 bridgehead atoms. The molecule has 0 aromatic carbocycles. The molecule has 2 aromatic rings. The van der Waals surface area contributed by atoms with Gasteiger partial charge in [-0.25, -0.2) is 0 Å². The first kappa shape index (κ1) is 15.9. The highest BCUT2D eigenvalue weighted by Crippen LogP contribution is 2.39. The number of aromatic nitrogens is 2. The fourth-order valence-electron chi connectivity index (χ4n) is 2.72. The Labute approximate surface area is 139 Å². The van der Waals surface area contributed by atoms with Gasteiger partial charge < -0.3 is 14.4 Å². The molecular weight excluding hydrogens is 314 g/mol. The van der Waals surface area contributed by atoms with E-state index in [9.17, 15) is 4.79 Å². The van der Waals surface area contributed by atoms with Crippen molar-refractivity contribution < 1.29 is 14.3 Å². The van der Waals surface area contributed by atoms with Crippen molar-refractivity contribution in [3.05, 3.63) is 27.2 Å². The molecule has 0 unspecified atom stereocenters. The number of aromatic amines is 1. The number of carbonyl (C=O) groups excluding carboxylic acids is 1. The van der Waals surface area contributed by atoms with Crippen LogP contribution in [0, 0.1) is 13.8 Å². The van der Waals surface area contributed by atoms with E-state index in [0.717, 1.165) is 24.2 Å². The van der Waals surface area contributed by atoms with E-state index in [1.54, 1.807) is 4.90 Å². The summed E-state index contributed by atoms with van der Waals surface area (Å²) in [5.74, 6) is 1.27. The predicted octanol–water partition coefficient (Wildman–Crippen LogP) is 2.56. The molecule has 0 spiro atoms. The van der Waals surface area contributed by atoms with E-state index in [1.165, 1.54) is 16.9 Å². The molecule has 1 aliphatic rings. The number of H-pyrrole nitrogens is 1. The van der Waals surface area contributed by atoms with Gasteiger partial charge in [0.2, 0.25) is 0 Å². The Bertz CT molecular complexity index is 688. The summed E-state index contributed by atoms with van der Waals surface area (Å²) in [6.45, 7) is 5.75. The van der Waals surface area contributed by atoms with Gasteiger partial charge in [-0.3, -0.25) is 9.89 Å². The highest BCUT2D eigenvalue weighted by molar-refractivity contribution is 7.12. The van der Waals surface area contributed by atoms with Crippen LogP contribution in [0.25, 0.3) is 0 Å². The molecule has 7 heteroatoms. The van der Waals surface area contributed by atoms with Gasteiger partial charge in [-0.05, 0) is 32.3 Å². The van der Waals surface area contributed by atoms with Gasteiger partial charge in [0.25, 0.3) is 5.91 Å². The number of hydrogen-bond donors (Lipinski definition) is 1. The molecule has 3 rings (SSSR count). The molecule has 23 heavy (non-hydrogen) atoms. The van der Waals surface area contributed by atoms with Crippen LogP contribution in [0.15, 0.2) is 5.38 Å². The number of rotatable bonds is 5. The third-order valence-corrected chi connectivity index (χ3v) is 4.97. The standard InChI is InChI=1S/C16H21N3O3S/c1-10-12(11(2)18-17-10)5-4-6-19(3)16(20)15-14-13(9-23-15)21-7-8-22-14/h9H,4-8H2,1-3H3,(H,17,18). The van der Waals surface area contributed by atoms with Crippen LogP contribution in [0.3, 0.4) is 0 Å². The van der Waals surface area contributed by atoms with Crippen molar-refractivity contribution in [2.75, 3.05) is 26.8 Å². The third-order valence-electron chi connectivity index (χ3n) is 4.04. The molecule has 2 aromatic heterocycles. The number of nitrogens with zero attached hydrogens (tertiary/aromatic N) is 2. The molecule has 0 saturated heterocycles. The van der Waals surface area contributed by atoms with Crippen molar-refractivity contribution in [3.63, 3.8) is 0 Å². The summed E-state index contributed by atoms with van der Waals surface area (Å²) in [4.78, 5) is 15.0. The lowest BCUT2D eigenvalue weighted by atomic mass is 10.1. The van der Waals surface area contributed by atoms with Gasteiger partial charge in [-0.15, -0.1) is 11.3 Å². The normalized spacial score (nSPS) is 13.2. The second-order valence-corrected chi connectivity index (χ2v) is 6.58. The van der Waals surface area contributed by atoms with E-state index in [4.69, 9.17) is 9.47 Å². The van der Waals surface area contributed by atoms with Gasteiger partial charge in [0.1, 0.15) is 18.1 Å². The van der Waals surface area contributed by atoms with E-state index in [-0.39, 0.29) is 5.91 Å². The summed E-state index contributed by atoms with van der Waals surface area (Å²) in [5, 5.41) is 9.04. The minimum absolute atomic E-state index is 0.0117. The molecule has 6 nitrogen and oxygen atoms in total. The Morgan fingerprint density at radius 1 is 1.39 bits per heavy atom. The zero-order valence-corrected chi connectivity index (χ0v) is 14.5. The summed E-state index contributed by atoms with van der Waals surface area (Å²) in [5.41, 5.74) is 3.39. The van der Waals surface area contributed by atoms with Crippen LogP contribution < -0.4 is 9.47 Å². The van der Waals surface area contributed by atoms with Crippen molar-refractivity contribution in [3.8, 4) is 11.5 Å². The molecule has 3 heterocycles. The van der Waals surface area contributed by atoms with Gasteiger partial charge in [0, 0.05) is 24.7 Å². The second kappa shape index (κ2) is 6.62. The van der Waals surface area contributed by atoms with Crippen LogP contribution in [0.1, 0.15) is 33.0 Å². The molecule has 1 N–H and O–H groups in total. The summed E-state index contributed by atoms with van der Waals surface area (Å²) in [7, 11) is 1.83. The molecular formula is C16H21N3O3S. The molecule has 1 aliphatic heterocycles. The van der Waals surface area contributed by atoms with Crippen molar-refractivity contribution in [1.29, 1.82) is 0 Å². The summed E-state index contributed by atoms with van der Waals surface area (Å²) < 4.78 is 11.1. The topological polar surface area (TPSA) is 67.5 Å². The Balaban J connectivity index is 1.59. The summed E-state index contributed by atoms with van der Waals surface area (Å²) in [6, 6.07) is 0. The maximum atomic E-state index is 12.6. The summed E-state index contributed by atoms with van der Waals surface area (Å²) in [6.07, 6.45) is 1.81. The summed E-state index contributed by atoms with van der Waals surface area (Å²) >= 11 is 1.38. The number of fused-ring (bicyclic) bond motifs is 1. The van der Waals surface area contributed by atoms with Gasteiger partial charge in [0.15, 0.2) is 11.5 Å². The Morgan fingerprint density at radius 2 is 2.17 bits per heavy atom. The van der Waals surface area contributed by atoms with Crippen LogP contribution in [0.4, 0.5) is 0 Å². The van der Waals surface area contributed by atoms with Crippen molar-refractivity contribution >= 4 is 17.2 Å². The van der Waals surface area contributed by atoms with E-state index in [1.807, 2.05) is 26.3 Å². The predicted molar refractivity (Wildman–Crippen MR) is 88.7 cm³/mol. The van der Waals surface area contributed by atoms with Gasteiger partial charge in [0.05, 0.1) is 5.69 Å². The van der Waals surface area contributed by atoms with Crippen LogP contribution in [0.2, 0.25) is 0 Å². The largest absolute Gasteiger partial charge is 0.485 e. The van der Waals surface area contributed by atoms with Crippen molar-refractivity contribution in [2.24, 2.45) is 0 Å². The first-order valence-corrected chi connectivity index (χ1v) is 8.59. The van der Waals surface area contributed by atoms with E-state index in [2.05, 4.69) is 10.2 Å². The highest BCUT2D eigenvalue weighted by atomic mass is 32.1. The Hall–Kier alpha value is -2.02. The quantitative estimate of drug-likeness (QED) is 0.912. The van der Waals surface area contributed by atoms with Crippen LogP contribution >= 0.6 is 11.3 Å². The molecule has 0 radical (unpaired) electrons. The van der Waals surface area contributed by atoms with Crippen LogP contribution in [0.5, 0.6) is 11.5 Å². The van der Waals surface area contributed by atoms with Gasteiger partial charge in [-0.2, -0.15) is 5.10 Å². The molecule has 0 saturated carbocycles. The lowest BCUT2D eigenvalue weighted by Gasteiger charge is -2.19. The number of aryl methyl sites for hydroxylation is 2. The molecule has 124 valence electrons. The number of amides is 1. The minimum atomic E-state index is -0.0117. The lowest BCUT2D eigenvalue weighted by molar-refractivity contribution is 0.0789. The Morgan fingerprint density at radius 3 is 2.91 bits per heavy atom. The first-order valence-electron chi connectivity index (χ1n) is 7.71. The molecule has 1 amide bonds. The number of hydrogen-bond acceptors (Lipinski definition) is 5. The fourth-order valence-corrected chi connectivity index (χ4v) is 3.64. The smallest absolute Gasteiger partial charge is 0.267 e. The maximum absolute atomic E-state index is 12.6. The van der Waals surface area contributed by atoms with E-state index in [0.29, 0.717) is 36.1 Å². The highest BCUT2D eigenvalue weighted by Gasteiger charge is 2.25. The van der Waals surface area contributed by atoms with Crippen molar-refractivity contribution in [2.45, 2.75) is 26.7 Å². The second-order valence-electron chi connectivity index (χ2n) is 5.70. The van der Waals surface area contributed by atoms with Crippen LogP contribution in [-0.2, 0) is 6.42 Å². The zero-order valence-electron chi connectivity index (χ0n) is 13.6.